The fourth-order valence-electron chi connectivity index (χ4n) is 4.28. The van der Waals surface area contributed by atoms with Crippen LogP contribution in [0.2, 0.25) is 0 Å². The second-order valence-electron chi connectivity index (χ2n) is 8.31. The van der Waals surface area contributed by atoms with Crippen molar-refractivity contribution in [3.8, 4) is 5.75 Å². The molecule has 4 aromatic carbocycles. The van der Waals surface area contributed by atoms with Gasteiger partial charge in [-0.25, -0.2) is 9.59 Å². The third kappa shape index (κ3) is 4.43. The number of fused-ring (bicyclic) bond motifs is 3. The summed E-state index contributed by atoms with van der Waals surface area (Å²) in [4.78, 5) is 39.1. The van der Waals surface area contributed by atoms with Crippen molar-refractivity contribution < 1.29 is 28.3 Å². The summed E-state index contributed by atoms with van der Waals surface area (Å²) in [6.45, 7) is 3.56. The van der Waals surface area contributed by atoms with Crippen LogP contribution in [0, 0.1) is 6.92 Å². The van der Waals surface area contributed by atoms with Crippen molar-refractivity contribution >= 4 is 45.5 Å². The molecule has 7 heteroatoms. The van der Waals surface area contributed by atoms with Crippen LogP contribution < -0.4 is 10.1 Å². The molecule has 0 aliphatic heterocycles. The standard InChI is InChI=1S/C30H23NO6/c1-3-35-30(34)24-23-18(2)25(37-29(33)20-14-8-5-9-15-20)21-16-10-11-17-22(21)26(23)36-28(24)31-27(32)19-12-6-4-7-13-19/h4-17H,3H2,1-2H3,(H,31,32). The Morgan fingerprint density at radius 2 is 1.38 bits per heavy atom. The molecule has 0 fully saturated rings. The molecule has 0 unspecified atom stereocenters. The Kier molecular flexibility index (Phi) is 6.43. The molecule has 37 heavy (non-hydrogen) atoms. The second kappa shape index (κ2) is 9.99. The highest BCUT2D eigenvalue weighted by atomic mass is 16.5. The summed E-state index contributed by atoms with van der Waals surface area (Å²) in [7, 11) is 0. The Balaban J connectivity index is 1.72. The minimum absolute atomic E-state index is 0.0397. The van der Waals surface area contributed by atoms with Crippen LogP contribution in [0.1, 0.15) is 43.6 Å². The SMILES string of the molecule is CCOC(=O)c1c(NC(=O)c2ccccc2)oc2c1c(C)c(OC(=O)c1ccccc1)c1ccccc12. The van der Waals surface area contributed by atoms with Crippen LogP contribution >= 0.6 is 0 Å². The molecule has 0 radical (unpaired) electrons. The second-order valence-corrected chi connectivity index (χ2v) is 8.31. The van der Waals surface area contributed by atoms with E-state index in [4.69, 9.17) is 13.9 Å². The zero-order chi connectivity index (χ0) is 25.9. The lowest BCUT2D eigenvalue weighted by Gasteiger charge is -2.13. The maximum Gasteiger partial charge on any atom is 0.344 e. The van der Waals surface area contributed by atoms with Gasteiger partial charge < -0.3 is 13.9 Å². The Labute approximate surface area is 212 Å². The highest BCUT2D eigenvalue weighted by molar-refractivity contribution is 6.20. The van der Waals surface area contributed by atoms with E-state index in [0.717, 1.165) is 0 Å². The van der Waals surface area contributed by atoms with Crippen LogP contribution in [0.15, 0.2) is 89.3 Å². The molecule has 1 N–H and O–H groups in total. The molecular formula is C30H23NO6. The van der Waals surface area contributed by atoms with Gasteiger partial charge in [0.1, 0.15) is 16.9 Å². The third-order valence-corrected chi connectivity index (χ3v) is 5.99. The predicted molar refractivity (Wildman–Crippen MR) is 140 cm³/mol. The van der Waals surface area contributed by atoms with Crippen molar-refractivity contribution in [3.05, 3.63) is 107 Å². The molecule has 0 saturated heterocycles. The number of hydrogen-bond donors (Lipinski definition) is 1. The van der Waals surface area contributed by atoms with E-state index in [9.17, 15) is 14.4 Å². The number of nitrogens with one attached hydrogen (secondary N) is 1. The van der Waals surface area contributed by atoms with E-state index < -0.39 is 17.8 Å². The van der Waals surface area contributed by atoms with Crippen LogP contribution in [-0.2, 0) is 4.74 Å². The van der Waals surface area contributed by atoms with E-state index in [1.807, 2.05) is 24.3 Å². The highest BCUT2D eigenvalue weighted by Crippen LogP contribution is 2.43. The van der Waals surface area contributed by atoms with E-state index in [1.54, 1.807) is 74.5 Å². The zero-order valence-corrected chi connectivity index (χ0v) is 20.2. The molecule has 0 atom stereocenters. The topological polar surface area (TPSA) is 94.8 Å². The first kappa shape index (κ1) is 23.8. The third-order valence-electron chi connectivity index (χ3n) is 5.99. The summed E-state index contributed by atoms with van der Waals surface area (Å²) in [5, 5.41) is 4.36. The first-order valence-corrected chi connectivity index (χ1v) is 11.8. The first-order chi connectivity index (χ1) is 18.0. The predicted octanol–water partition coefficient (Wildman–Crippen LogP) is 6.54. The summed E-state index contributed by atoms with van der Waals surface area (Å²) in [6, 6.07) is 24.5. The molecular weight excluding hydrogens is 470 g/mol. The van der Waals surface area contributed by atoms with Gasteiger partial charge in [0.2, 0.25) is 5.88 Å². The molecule has 0 aliphatic carbocycles. The Hall–Kier alpha value is -4.91. The summed E-state index contributed by atoms with van der Waals surface area (Å²) in [5.41, 5.74) is 1.72. The molecule has 0 bridgehead atoms. The number of aryl methyl sites for hydroxylation is 1. The molecule has 0 spiro atoms. The number of ether oxygens (including phenoxy) is 2. The molecule has 184 valence electrons. The molecule has 7 nitrogen and oxygen atoms in total. The van der Waals surface area contributed by atoms with Crippen molar-refractivity contribution in [3.63, 3.8) is 0 Å². The molecule has 1 aromatic heterocycles. The summed E-state index contributed by atoms with van der Waals surface area (Å²) >= 11 is 0. The van der Waals surface area contributed by atoms with Gasteiger partial charge in [-0.15, -0.1) is 0 Å². The van der Waals surface area contributed by atoms with E-state index in [-0.39, 0.29) is 18.1 Å². The summed E-state index contributed by atoms with van der Waals surface area (Å²) in [5.74, 6) is -1.38. The fraction of sp³-hybridized carbons (Fsp3) is 0.100. The van der Waals surface area contributed by atoms with Gasteiger partial charge in [0.25, 0.3) is 5.91 Å². The van der Waals surface area contributed by atoms with Crippen LogP contribution in [0.25, 0.3) is 21.7 Å². The fourth-order valence-corrected chi connectivity index (χ4v) is 4.28. The van der Waals surface area contributed by atoms with Crippen LogP contribution in [0.4, 0.5) is 5.88 Å². The van der Waals surface area contributed by atoms with Gasteiger partial charge >= 0.3 is 11.9 Å². The van der Waals surface area contributed by atoms with Crippen molar-refractivity contribution in [2.45, 2.75) is 13.8 Å². The summed E-state index contributed by atoms with van der Waals surface area (Å²) in [6.07, 6.45) is 0. The number of anilines is 1. The zero-order valence-electron chi connectivity index (χ0n) is 20.2. The van der Waals surface area contributed by atoms with E-state index in [0.29, 0.717) is 44.2 Å². The van der Waals surface area contributed by atoms with Crippen LogP contribution in [-0.4, -0.2) is 24.5 Å². The van der Waals surface area contributed by atoms with Crippen molar-refractivity contribution in [1.82, 2.24) is 0 Å². The van der Waals surface area contributed by atoms with Gasteiger partial charge in [0, 0.05) is 27.3 Å². The van der Waals surface area contributed by atoms with E-state index in [1.165, 1.54) is 0 Å². The minimum Gasteiger partial charge on any atom is -0.462 e. The Morgan fingerprint density at radius 1 is 0.784 bits per heavy atom. The van der Waals surface area contributed by atoms with Crippen LogP contribution in [0.3, 0.4) is 0 Å². The molecule has 5 rings (SSSR count). The Morgan fingerprint density at radius 3 is 2.03 bits per heavy atom. The molecule has 1 amide bonds. The van der Waals surface area contributed by atoms with Crippen molar-refractivity contribution in [1.29, 1.82) is 0 Å². The minimum atomic E-state index is -0.664. The number of rotatable bonds is 6. The van der Waals surface area contributed by atoms with E-state index in [2.05, 4.69) is 5.32 Å². The lowest BCUT2D eigenvalue weighted by atomic mass is 9.99. The normalized spacial score (nSPS) is 10.9. The lowest BCUT2D eigenvalue weighted by molar-refractivity contribution is 0.0529. The van der Waals surface area contributed by atoms with Crippen molar-refractivity contribution in [2.75, 3.05) is 11.9 Å². The summed E-state index contributed by atoms with van der Waals surface area (Å²) < 4.78 is 17.3. The monoisotopic (exact) mass is 493 g/mol. The van der Waals surface area contributed by atoms with Crippen LogP contribution in [0.5, 0.6) is 5.75 Å². The van der Waals surface area contributed by atoms with Gasteiger partial charge in [0.15, 0.2) is 0 Å². The lowest BCUT2D eigenvalue weighted by Crippen LogP contribution is -2.15. The smallest absolute Gasteiger partial charge is 0.344 e. The number of carbonyl (C=O) groups excluding carboxylic acids is 3. The number of benzene rings is 4. The van der Waals surface area contributed by atoms with E-state index >= 15 is 0 Å². The molecule has 1 heterocycles. The number of amides is 1. The van der Waals surface area contributed by atoms with Gasteiger partial charge in [-0.05, 0) is 38.1 Å². The average Bonchev–Trinajstić information content (AvgIpc) is 3.31. The Bertz CT molecular complexity index is 1640. The van der Waals surface area contributed by atoms with Gasteiger partial charge in [-0.2, -0.15) is 0 Å². The highest BCUT2D eigenvalue weighted by Gasteiger charge is 2.29. The number of carbonyl (C=O) groups is 3. The van der Waals surface area contributed by atoms with Gasteiger partial charge in [-0.3, -0.25) is 10.1 Å². The maximum absolute atomic E-state index is 13.2. The quantitative estimate of drug-likeness (QED) is 0.213. The number of esters is 2. The number of hydrogen-bond acceptors (Lipinski definition) is 6. The van der Waals surface area contributed by atoms with Crippen molar-refractivity contribution in [2.24, 2.45) is 0 Å². The first-order valence-electron chi connectivity index (χ1n) is 11.8. The molecule has 0 saturated carbocycles. The maximum atomic E-state index is 13.2. The average molecular weight is 494 g/mol. The van der Waals surface area contributed by atoms with Gasteiger partial charge in [0.05, 0.1) is 12.2 Å². The molecule has 5 aromatic rings. The largest absolute Gasteiger partial charge is 0.462 e. The number of furan rings is 1. The van der Waals surface area contributed by atoms with Gasteiger partial charge in [-0.1, -0.05) is 60.7 Å². The molecule has 0 aliphatic rings.